The van der Waals surface area contributed by atoms with Gasteiger partial charge < -0.3 is 20.0 Å². The fraction of sp³-hybridized carbons (Fsp3) is 0.667. The van der Waals surface area contributed by atoms with Crippen molar-refractivity contribution in [1.82, 2.24) is 4.98 Å². The Kier molecular flexibility index (Phi) is 3.72. The molecule has 22 heavy (non-hydrogen) atoms. The Labute approximate surface area is 132 Å². The predicted molar refractivity (Wildman–Crippen MR) is 79.3 cm³/mol. The summed E-state index contributed by atoms with van der Waals surface area (Å²) in [5, 5.41) is 16.5. The molecule has 3 heterocycles. The Morgan fingerprint density at radius 1 is 1.32 bits per heavy atom. The molecule has 1 amide bonds. The van der Waals surface area contributed by atoms with E-state index >= 15 is 0 Å². The first kappa shape index (κ1) is 15.4. The highest BCUT2D eigenvalue weighted by molar-refractivity contribution is 7.13. The van der Waals surface area contributed by atoms with Crippen LogP contribution in [-0.2, 0) is 19.7 Å². The maximum Gasteiger partial charge on any atom is 0.232 e. The highest BCUT2D eigenvalue weighted by atomic mass is 32.1. The Morgan fingerprint density at radius 2 is 1.95 bits per heavy atom. The number of hydrogen-bond donors (Lipinski definition) is 1. The summed E-state index contributed by atoms with van der Waals surface area (Å²) in [5.74, 6) is -3.09. The first-order valence-corrected chi connectivity index (χ1v) is 8.28. The van der Waals surface area contributed by atoms with Crippen LogP contribution in [0.3, 0.4) is 0 Å². The summed E-state index contributed by atoms with van der Waals surface area (Å²) in [5.41, 5.74) is 0.802. The van der Waals surface area contributed by atoms with Gasteiger partial charge in [0.15, 0.2) is 5.13 Å². The molecular weight excluding hydrogens is 304 g/mol. The van der Waals surface area contributed by atoms with Gasteiger partial charge in [-0.15, -0.1) is 11.3 Å². The molecular formula is C15H19N2O4S-. The van der Waals surface area contributed by atoms with Crippen molar-refractivity contribution in [1.29, 1.82) is 0 Å². The summed E-state index contributed by atoms with van der Waals surface area (Å²) in [6.07, 6.45) is 0.679. The first-order valence-electron chi connectivity index (χ1n) is 7.40. The van der Waals surface area contributed by atoms with Gasteiger partial charge in [0.2, 0.25) is 5.91 Å². The molecule has 2 fully saturated rings. The number of nitrogens with one attached hydrogen (secondary N) is 1. The van der Waals surface area contributed by atoms with E-state index in [2.05, 4.69) is 10.3 Å². The molecule has 1 aromatic rings. The molecule has 0 spiro atoms. The van der Waals surface area contributed by atoms with Gasteiger partial charge in [-0.2, -0.15) is 0 Å². The topological polar surface area (TPSA) is 91.4 Å². The average molecular weight is 323 g/mol. The van der Waals surface area contributed by atoms with E-state index in [0.717, 1.165) is 12.1 Å². The molecule has 3 rings (SSSR count). The van der Waals surface area contributed by atoms with Crippen LogP contribution in [0.1, 0.15) is 39.3 Å². The van der Waals surface area contributed by atoms with Crippen molar-refractivity contribution in [3.63, 3.8) is 0 Å². The third-order valence-corrected chi connectivity index (χ3v) is 5.11. The number of carbonyl (C=O) groups is 2. The number of carboxylic acids is 1. The molecule has 120 valence electrons. The van der Waals surface area contributed by atoms with Crippen LogP contribution in [0.15, 0.2) is 5.38 Å². The van der Waals surface area contributed by atoms with Gasteiger partial charge in [-0.05, 0) is 12.8 Å². The smallest absolute Gasteiger partial charge is 0.232 e. The maximum atomic E-state index is 12.5. The lowest BCUT2D eigenvalue weighted by atomic mass is 9.79. The molecule has 2 aliphatic heterocycles. The minimum absolute atomic E-state index is 0.0947. The zero-order chi connectivity index (χ0) is 16.1. The summed E-state index contributed by atoms with van der Waals surface area (Å²) in [6.45, 7) is 6.14. The van der Waals surface area contributed by atoms with Crippen LogP contribution >= 0.6 is 11.3 Å². The zero-order valence-corrected chi connectivity index (χ0v) is 13.6. The second-order valence-electron chi connectivity index (χ2n) is 6.94. The van der Waals surface area contributed by atoms with E-state index in [9.17, 15) is 14.7 Å². The molecule has 0 saturated carbocycles. The van der Waals surface area contributed by atoms with Crippen molar-refractivity contribution in [3.8, 4) is 0 Å². The van der Waals surface area contributed by atoms with E-state index in [0.29, 0.717) is 11.6 Å². The lowest BCUT2D eigenvalue weighted by Crippen LogP contribution is -2.46. The Balaban J connectivity index is 1.74. The monoisotopic (exact) mass is 323 g/mol. The number of fused-ring (bicyclic) bond motifs is 2. The van der Waals surface area contributed by atoms with Gasteiger partial charge in [-0.3, -0.25) is 4.79 Å². The number of aliphatic carboxylic acids is 1. The maximum absolute atomic E-state index is 12.5. The molecule has 0 radical (unpaired) electrons. The number of aromatic nitrogens is 1. The second-order valence-corrected chi connectivity index (χ2v) is 7.80. The van der Waals surface area contributed by atoms with Crippen LogP contribution in [-0.4, -0.2) is 29.1 Å². The molecule has 0 aromatic carbocycles. The van der Waals surface area contributed by atoms with Crippen molar-refractivity contribution in [2.75, 3.05) is 5.32 Å². The average Bonchev–Trinajstić information content (AvgIpc) is 3.11. The van der Waals surface area contributed by atoms with Crippen molar-refractivity contribution in [2.45, 2.75) is 51.2 Å². The summed E-state index contributed by atoms with van der Waals surface area (Å²) in [4.78, 5) is 28.2. The van der Waals surface area contributed by atoms with Crippen LogP contribution < -0.4 is 10.4 Å². The highest BCUT2D eigenvalue weighted by Gasteiger charge is 2.52. The van der Waals surface area contributed by atoms with Crippen LogP contribution in [0.4, 0.5) is 5.13 Å². The summed E-state index contributed by atoms with van der Waals surface area (Å²) in [6, 6.07) is 0. The van der Waals surface area contributed by atoms with Gasteiger partial charge in [0.05, 0.1) is 23.8 Å². The van der Waals surface area contributed by atoms with Crippen molar-refractivity contribution in [3.05, 3.63) is 11.1 Å². The van der Waals surface area contributed by atoms with E-state index in [1.165, 1.54) is 11.3 Å². The van der Waals surface area contributed by atoms with Crippen molar-refractivity contribution < 1.29 is 19.4 Å². The Hall–Kier alpha value is -1.47. The number of nitrogens with zero attached hydrogens (tertiary/aromatic N) is 1. The molecule has 7 heteroatoms. The van der Waals surface area contributed by atoms with Crippen LogP contribution in [0.25, 0.3) is 0 Å². The molecule has 4 atom stereocenters. The number of ether oxygens (including phenoxy) is 1. The fourth-order valence-electron chi connectivity index (χ4n) is 3.17. The van der Waals surface area contributed by atoms with Gasteiger partial charge in [0, 0.05) is 22.7 Å². The predicted octanol–water partition coefficient (Wildman–Crippen LogP) is 0.923. The fourth-order valence-corrected chi connectivity index (χ4v) is 4.11. The Bertz CT molecular complexity index is 607. The normalized spacial score (nSPS) is 30.5. The molecule has 1 N–H and O–H groups in total. The van der Waals surface area contributed by atoms with Gasteiger partial charge in [-0.1, -0.05) is 20.8 Å². The summed E-state index contributed by atoms with van der Waals surface area (Å²) >= 11 is 1.35. The SMILES string of the molecule is CC(C)(C)c1csc(NC(=O)[C@@H]2[C@@H](C(=O)[O-])[C@H]3CC[C@@H]2O3)n1. The van der Waals surface area contributed by atoms with E-state index in [1.807, 2.05) is 26.2 Å². The second kappa shape index (κ2) is 5.31. The third kappa shape index (κ3) is 2.63. The lowest BCUT2D eigenvalue weighted by Gasteiger charge is -2.27. The molecule has 2 aliphatic rings. The molecule has 2 saturated heterocycles. The third-order valence-electron chi connectivity index (χ3n) is 4.35. The van der Waals surface area contributed by atoms with Crippen LogP contribution in [0.2, 0.25) is 0 Å². The van der Waals surface area contributed by atoms with E-state index in [-0.39, 0.29) is 17.4 Å². The Morgan fingerprint density at radius 3 is 2.50 bits per heavy atom. The number of hydrogen-bond acceptors (Lipinski definition) is 6. The number of anilines is 1. The summed E-state index contributed by atoms with van der Waals surface area (Å²) in [7, 11) is 0. The molecule has 1 aromatic heterocycles. The number of amides is 1. The molecule has 6 nitrogen and oxygen atoms in total. The largest absolute Gasteiger partial charge is 0.550 e. The van der Waals surface area contributed by atoms with Crippen LogP contribution in [0.5, 0.6) is 0 Å². The van der Waals surface area contributed by atoms with Gasteiger partial charge in [0.1, 0.15) is 0 Å². The standard InChI is InChI=1S/C15H20N2O4S/c1-15(2,3)9-6-22-14(16-9)17-12(18)10-7-4-5-8(21-7)11(10)13(19)20/h6-8,10-11H,4-5H2,1-3H3,(H,19,20)(H,16,17,18)/p-1/t7-,8+,10-,11-/m0/s1. The van der Waals surface area contributed by atoms with Crippen LogP contribution in [0, 0.1) is 11.8 Å². The van der Waals surface area contributed by atoms with Gasteiger partial charge >= 0.3 is 0 Å². The minimum Gasteiger partial charge on any atom is -0.550 e. The van der Waals surface area contributed by atoms with E-state index < -0.39 is 23.9 Å². The molecule has 0 aliphatic carbocycles. The number of rotatable bonds is 3. The number of carbonyl (C=O) groups excluding carboxylic acids is 2. The quantitative estimate of drug-likeness (QED) is 0.893. The van der Waals surface area contributed by atoms with Gasteiger partial charge in [0.25, 0.3) is 0 Å². The zero-order valence-electron chi connectivity index (χ0n) is 12.8. The molecule has 0 unspecified atom stereocenters. The van der Waals surface area contributed by atoms with E-state index in [1.54, 1.807) is 0 Å². The van der Waals surface area contributed by atoms with E-state index in [4.69, 9.17) is 4.74 Å². The lowest BCUT2D eigenvalue weighted by molar-refractivity contribution is -0.313. The van der Waals surface area contributed by atoms with Crippen molar-refractivity contribution >= 4 is 28.3 Å². The minimum atomic E-state index is -1.21. The highest BCUT2D eigenvalue weighted by Crippen LogP contribution is 2.43. The summed E-state index contributed by atoms with van der Waals surface area (Å²) < 4.78 is 5.58. The van der Waals surface area contributed by atoms with Crippen molar-refractivity contribution in [2.24, 2.45) is 11.8 Å². The molecule has 2 bridgehead atoms. The number of carboxylic acid groups (broad SMARTS) is 1. The number of thiazole rings is 1. The first-order chi connectivity index (χ1) is 10.3. The van der Waals surface area contributed by atoms with Gasteiger partial charge in [-0.25, -0.2) is 4.98 Å².